The normalized spacial score (nSPS) is 10.1. The van der Waals surface area contributed by atoms with Crippen LogP contribution < -0.4 is 5.73 Å². The van der Waals surface area contributed by atoms with Crippen molar-refractivity contribution in [2.45, 2.75) is 13.1 Å². The Bertz CT molecular complexity index is 641. The molecule has 0 spiro atoms. The van der Waals surface area contributed by atoms with Gasteiger partial charge in [-0.3, -0.25) is 10.3 Å². The zero-order chi connectivity index (χ0) is 15.2. The predicted octanol–water partition coefficient (Wildman–Crippen LogP) is 2.65. The molecule has 5 nitrogen and oxygen atoms in total. The van der Waals surface area contributed by atoms with Crippen LogP contribution in [0.3, 0.4) is 0 Å². The predicted molar refractivity (Wildman–Crippen MR) is 81.2 cm³/mol. The molecule has 0 aromatic heterocycles. The fourth-order valence-corrected chi connectivity index (χ4v) is 2.05. The van der Waals surface area contributed by atoms with E-state index >= 15 is 0 Å². The van der Waals surface area contributed by atoms with Crippen molar-refractivity contribution in [3.63, 3.8) is 0 Å². The Morgan fingerprint density at radius 2 is 1.67 bits per heavy atom. The third kappa shape index (κ3) is 4.07. The molecule has 0 unspecified atom stereocenters. The first-order chi connectivity index (χ1) is 10.1. The first-order valence-corrected chi connectivity index (χ1v) is 6.51. The van der Waals surface area contributed by atoms with Gasteiger partial charge >= 0.3 is 6.09 Å². The summed E-state index contributed by atoms with van der Waals surface area (Å²) in [6, 6.07) is 16.5. The van der Waals surface area contributed by atoms with E-state index in [1.54, 1.807) is 18.2 Å². The lowest BCUT2D eigenvalue weighted by Gasteiger charge is -2.19. The summed E-state index contributed by atoms with van der Waals surface area (Å²) in [7, 11) is 0. The van der Waals surface area contributed by atoms with Gasteiger partial charge in [-0.1, -0.05) is 48.5 Å². The van der Waals surface area contributed by atoms with Crippen LogP contribution in [-0.2, 0) is 13.1 Å². The average Bonchev–Trinajstić information content (AvgIpc) is 2.48. The number of benzene rings is 2. The van der Waals surface area contributed by atoms with Gasteiger partial charge in [0.05, 0.1) is 0 Å². The van der Waals surface area contributed by atoms with Gasteiger partial charge in [-0.2, -0.15) is 0 Å². The number of nitrogen functional groups attached to an aromatic ring is 1. The van der Waals surface area contributed by atoms with E-state index in [-0.39, 0.29) is 12.4 Å². The molecule has 2 rings (SSSR count). The van der Waals surface area contributed by atoms with E-state index in [1.165, 1.54) is 4.90 Å². The molecule has 0 bridgehead atoms. The quantitative estimate of drug-likeness (QED) is 0.582. The van der Waals surface area contributed by atoms with Gasteiger partial charge in [-0.25, -0.2) is 4.79 Å². The topological polar surface area (TPSA) is 90.4 Å². The lowest BCUT2D eigenvalue weighted by Crippen LogP contribution is -2.28. The van der Waals surface area contributed by atoms with Gasteiger partial charge in [0.15, 0.2) is 0 Å². The van der Waals surface area contributed by atoms with Crippen molar-refractivity contribution in [2.24, 2.45) is 5.73 Å². The smallest absolute Gasteiger partial charge is 0.407 e. The van der Waals surface area contributed by atoms with Crippen molar-refractivity contribution < 1.29 is 9.90 Å². The fourth-order valence-electron chi connectivity index (χ4n) is 2.05. The minimum atomic E-state index is -0.980. The fraction of sp³-hybridized carbons (Fsp3) is 0.125. The maximum atomic E-state index is 11.4. The summed E-state index contributed by atoms with van der Waals surface area (Å²) in [5.74, 6) is -0.0261. The third-order valence-corrected chi connectivity index (χ3v) is 3.10. The second-order valence-electron chi connectivity index (χ2n) is 4.74. The minimum absolute atomic E-state index is 0.0261. The zero-order valence-corrected chi connectivity index (χ0v) is 11.5. The Morgan fingerprint density at radius 3 is 2.29 bits per heavy atom. The van der Waals surface area contributed by atoms with E-state index in [4.69, 9.17) is 11.1 Å². The van der Waals surface area contributed by atoms with Gasteiger partial charge < -0.3 is 10.8 Å². The van der Waals surface area contributed by atoms with Crippen molar-refractivity contribution in [2.75, 3.05) is 0 Å². The summed E-state index contributed by atoms with van der Waals surface area (Å²) in [6.07, 6.45) is -0.980. The molecule has 0 saturated carbocycles. The molecule has 2 aromatic carbocycles. The number of nitrogens with one attached hydrogen (secondary N) is 1. The van der Waals surface area contributed by atoms with Gasteiger partial charge in [-0.15, -0.1) is 0 Å². The molecule has 0 atom stereocenters. The number of hydrogen-bond donors (Lipinski definition) is 3. The van der Waals surface area contributed by atoms with Crippen LogP contribution in [0, 0.1) is 5.41 Å². The first kappa shape index (κ1) is 14.6. The van der Waals surface area contributed by atoms with E-state index in [9.17, 15) is 9.90 Å². The minimum Gasteiger partial charge on any atom is -0.465 e. The van der Waals surface area contributed by atoms with Gasteiger partial charge in [-0.05, 0) is 17.2 Å². The number of carboxylic acid groups (broad SMARTS) is 1. The third-order valence-electron chi connectivity index (χ3n) is 3.10. The zero-order valence-electron chi connectivity index (χ0n) is 11.5. The molecule has 5 heteroatoms. The molecule has 4 N–H and O–H groups in total. The van der Waals surface area contributed by atoms with Gasteiger partial charge in [0.25, 0.3) is 0 Å². The summed E-state index contributed by atoms with van der Waals surface area (Å²) >= 11 is 0. The second kappa shape index (κ2) is 6.56. The Kier molecular flexibility index (Phi) is 4.56. The highest BCUT2D eigenvalue weighted by Gasteiger charge is 2.13. The maximum Gasteiger partial charge on any atom is 0.407 e. The number of hydrogen-bond acceptors (Lipinski definition) is 2. The molecule has 1 amide bonds. The molecule has 0 saturated heterocycles. The van der Waals surface area contributed by atoms with Crippen molar-refractivity contribution >= 4 is 11.9 Å². The Labute approximate surface area is 123 Å². The number of nitrogens with zero attached hydrogens (tertiary/aromatic N) is 1. The van der Waals surface area contributed by atoms with E-state index in [0.717, 1.165) is 11.1 Å². The van der Waals surface area contributed by atoms with Crippen molar-refractivity contribution in [3.8, 4) is 0 Å². The SMILES string of the molecule is N=C(N)c1cccc(CN(Cc2ccccc2)C(=O)O)c1. The Morgan fingerprint density at radius 1 is 1.05 bits per heavy atom. The van der Waals surface area contributed by atoms with Gasteiger partial charge in [0.1, 0.15) is 5.84 Å². The lowest BCUT2D eigenvalue weighted by atomic mass is 10.1. The summed E-state index contributed by atoms with van der Waals surface area (Å²) in [4.78, 5) is 12.7. The van der Waals surface area contributed by atoms with Crippen LogP contribution in [0.25, 0.3) is 0 Å². The van der Waals surface area contributed by atoms with Crippen LogP contribution >= 0.6 is 0 Å². The Balaban J connectivity index is 2.15. The van der Waals surface area contributed by atoms with Crippen LogP contribution in [0.5, 0.6) is 0 Å². The summed E-state index contributed by atoms with van der Waals surface area (Å²) in [5.41, 5.74) is 7.78. The molecular formula is C16H17N3O2. The van der Waals surface area contributed by atoms with Gasteiger partial charge in [0, 0.05) is 18.7 Å². The second-order valence-corrected chi connectivity index (χ2v) is 4.74. The molecular weight excluding hydrogens is 266 g/mol. The number of carbonyl (C=O) groups is 1. The monoisotopic (exact) mass is 283 g/mol. The number of amidine groups is 1. The molecule has 0 aliphatic rings. The molecule has 0 aliphatic carbocycles. The summed E-state index contributed by atoms with van der Waals surface area (Å²) in [6.45, 7) is 0.575. The Hall–Kier alpha value is -2.82. The van der Waals surface area contributed by atoms with Crippen LogP contribution in [0.15, 0.2) is 54.6 Å². The standard InChI is InChI=1S/C16H17N3O2/c17-15(18)14-8-4-7-13(9-14)11-19(16(20)21)10-12-5-2-1-3-6-12/h1-9H,10-11H2,(H3,17,18)(H,20,21). The average molecular weight is 283 g/mol. The van der Waals surface area contributed by atoms with Crippen LogP contribution in [0.2, 0.25) is 0 Å². The highest BCUT2D eigenvalue weighted by molar-refractivity contribution is 5.95. The molecule has 2 aromatic rings. The van der Waals surface area contributed by atoms with Crippen LogP contribution in [0.4, 0.5) is 4.79 Å². The molecule has 108 valence electrons. The molecule has 0 heterocycles. The lowest BCUT2D eigenvalue weighted by molar-refractivity contribution is 0.139. The van der Waals surface area contributed by atoms with E-state index in [2.05, 4.69) is 0 Å². The molecule has 0 fully saturated rings. The molecule has 0 aliphatic heterocycles. The highest BCUT2D eigenvalue weighted by Crippen LogP contribution is 2.12. The molecule has 0 radical (unpaired) electrons. The van der Waals surface area contributed by atoms with Crippen molar-refractivity contribution in [1.29, 1.82) is 5.41 Å². The number of rotatable bonds is 5. The van der Waals surface area contributed by atoms with E-state index in [0.29, 0.717) is 12.1 Å². The van der Waals surface area contributed by atoms with Crippen molar-refractivity contribution in [1.82, 2.24) is 4.90 Å². The maximum absolute atomic E-state index is 11.4. The number of nitrogens with two attached hydrogens (primary N) is 1. The molecule has 21 heavy (non-hydrogen) atoms. The van der Waals surface area contributed by atoms with Gasteiger partial charge in [0.2, 0.25) is 0 Å². The van der Waals surface area contributed by atoms with E-state index < -0.39 is 6.09 Å². The summed E-state index contributed by atoms with van der Waals surface area (Å²) in [5, 5.41) is 16.8. The highest BCUT2D eigenvalue weighted by atomic mass is 16.4. The first-order valence-electron chi connectivity index (χ1n) is 6.51. The summed E-state index contributed by atoms with van der Waals surface area (Å²) < 4.78 is 0. The largest absolute Gasteiger partial charge is 0.465 e. The van der Waals surface area contributed by atoms with E-state index in [1.807, 2.05) is 36.4 Å². The number of amides is 1. The van der Waals surface area contributed by atoms with Crippen molar-refractivity contribution in [3.05, 3.63) is 71.3 Å². The van der Waals surface area contributed by atoms with Crippen LogP contribution in [0.1, 0.15) is 16.7 Å². The van der Waals surface area contributed by atoms with Crippen LogP contribution in [-0.4, -0.2) is 21.9 Å².